The Labute approximate surface area is 180 Å². The second kappa shape index (κ2) is 9.03. The van der Waals surface area contributed by atoms with E-state index >= 15 is 0 Å². The Balaban J connectivity index is 1.85. The van der Waals surface area contributed by atoms with Crippen LogP contribution in [0.25, 0.3) is 6.08 Å². The number of thiocarbonyl (C=S) groups is 1. The summed E-state index contributed by atoms with van der Waals surface area (Å²) in [5, 5.41) is 0. The Kier molecular flexibility index (Phi) is 6.47. The summed E-state index contributed by atoms with van der Waals surface area (Å²) < 4.78 is 11.3. The molecule has 5 nitrogen and oxygen atoms in total. The Bertz CT molecular complexity index is 1010. The van der Waals surface area contributed by atoms with Crippen molar-refractivity contribution in [2.75, 3.05) is 37.6 Å². The lowest BCUT2D eigenvalue weighted by molar-refractivity contribution is -0.113. The fourth-order valence-corrected chi connectivity index (χ4v) is 4.05. The summed E-state index contributed by atoms with van der Waals surface area (Å²) in [4.78, 5) is 17.1. The fourth-order valence-electron chi connectivity index (χ4n) is 2.75. The van der Waals surface area contributed by atoms with E-state index in [0.717, 1.165) is 16.9 Å². The normalized spacial score (nSPS) is 14.8. The summed E-state index contributed by atoms with van der Waals surface area (Å²) in [6.45, 7) is 0.154. The van der Waals surface area contributed by atoms with Crippen LogP contribution in [0.4, 0.5) is 11.4 Å². The number of nitrogens with zero attached hydrogens (tertiary/aromatic N) is 2. The highest BCUT2D eigenvalue weighted by atomic mass is 32.2. The van der Waals surface area contributed by atoms with Crippen LogP contribution in [-0.4, -0.2) is 38.0 Å². The summed E-state index contributed by atoms with van der Waals surface area (Å²) in [6.07, 6.45) is 7.03. The van der Waals surface area contributed by atoms with Gasteiger partial charge in [-0.3, -0.25) is 9.69 Å². The van der Waals surface area contributed by atoms with Gasteiger partial charge in [-0.1, -0.05) is 36.0 Å². The number of hydrogen-bond acceptors (Lipinski definition) is 6. The molecule has 0 unspecified atom stereocenters. The molecule has 7 heteroatoms. The van der Waals surface area contributed by atoms with Crippen molar-refractivity contribution in [3.8, 4) is 23.8 Å². The SMILES string of the molecule is C#CCOc1ccc(/C=C2\SC(=S)N(c3ccc(N(C)C)cc3)C2=O)cc1OC. The number of carbonyl (C=O) groups excluding carboxylic acids is 1. The van der Waals surface area contributed by atoms with Gasteiger partial charge >= 0.3 is 0 Å². The lowest BCUT2D eigenvalue weighted by Crippen LogP contribution is -2.27. The number of benzene rings is 2. The lowest BCUT2D eigenvalue weighted by atomic mass is 10.1. The number of terminal acetylenes is 1. The molecular weight excluding hydrogens is 404 g/mol. The minimum Gasteiger partial charge on any atom is -0.493 e. The van der Waals surface area contributed by atoms with E-state index in [1.807, 2.05) is 49.3 Å². The molecule has 2 aromatic rings. The second-order valence-electron chi connectivity index (χ2n) is 6.33. The zero-order chi connectivity index (χ0) is 21.0. The number of hydrogen-bond donors (Lipinski definition) is 0. The molecule has 0 aromatic heterocycles. The van der Waals surface area contributed by atoms with Crippen molar-refractivity contribution in [1.82, 2.24) is 0 Å². The number of carbonyl (C=O) groups is 1. The van der Waals surface area contributed by atoms with Crippen LogP contribution >= 0.6 is 24.0 Å². The van der Waals surface area contributed by atoms with Gasteiger partial charge in [0.1, 0.15) is 6.61 Å². The smallest absolute Gasteiger partial charge is 0.270 e. The Morgan fingerprint density at radius 2 is 1.93 bits per heavy atom. The molecular formula is C22H20N2O3S2. The van der Waals surface area contributed by atoms with E-state index < -0.39 is 0 Å². The first-order valence-corrected chi connectivity index (χ1v) is 9.96. The van der Waals surface area contributed by atoms with Crippen molar-refractivity contribution in [2.45, 2.75) is 0 Å². The molecule has 1 amide bonds. The third-order valence-electron chi connectivity index (χ3n) is 4.21. The first-order valence-electron chi connectivity index (χ1n) is 8.74. The molecule has 0 spiro atoms. The number of rotatable bonds is 6. The van der Waals surface area contributed by atoms with Gasteiger partial charge in [0.15, 0.2) is 15.8 Å². The maximum absolute atomic E-state index is 13.0. The third kappa shape index (κ3) is 4.56. The molecule has 0 bridgehead atoms. The van der Waals surface area contributed by atoms with Crippen LogP contribution in [0.1, 0.15) is 5.56 Å². The largest absolute Gasteiger partial charge is 0.493 e. The Morgan fingerprint density at radius 3 is 2.55 bits per heavy atom. The average Bonchev–Trinajstić information content (AvgIpc) is 2.99. The molecule has 29 heavy (non-hydrogen) atoms. The molecule has 3 rings (SSSR count). The lowest BCUT2D eigenvalue weighted by Gasteiger charge is -2.17. The van der Waals surface area contributed by atoms with E-state index in [1.54, 1.807) is 30.2 Å². The third-order valence-corrected chi connectivity index (χ3v) is 5.52. The molecule has 2 aromatic carbocycles. The molecule has 0 saturated carbocycles. The van der Waals surface area contributed by atoms with Gasteiger partial charge in [0.25, 0.3) is 5.91 Å². The van der Waals surface area contributed by atoms with Crippen molar-refractivity contribution in [1.29, 1.82) is 0 Å². The summed E-state index contributed by atoms with van der Waals surface area (Å²) >= 11 is 6.72. The predicted molar refractivity (Wildman–Crippen MR) is 124 cm³/mol. The van der Waals surface area contributed by atoms with Crippen molar-refractivity contribution in [3.05, 3.63) is 52.9 Å². The summed E-state index contributed by atoms with van der Waals surface area (Å²) in [7, 11) is 5.49. The zero-order valence-corrected chi connectivity index (χ0v) is 18.0. The number of ether oxygens (including phenoxy) is 2. The van der Waals surface area contributed by atoms with E-state index in [9.17, 15) is 4.79 Å². The predicted octanol–water partition coefficient (Wildman–Crippen LogP) is 4.18. The highest BCUT2D eigenvalue weighted by molar-refractivity contribution is 8.27. The van der Waals surface area contributed by atoms with E-state index in [1.165, 1.54) is 11.8 Å². The zero-order valence-electron chi connectivity index (χ0n) is 16.3. The van der Waals surface area contributed by atoms with Crippen molar-refractivity contribution >= 4 is 51.7 Å². The fraction of sp³-hybridized carbons (Fsp3) is 0.182. The Hall–Kier alpha value is -2.95. The van der Waals surface area contributed by atoms with Crippen molar-refractivity contribution < 1.29 is 14.3 Å². The minimum absolute atomic E-state index is 0.149. The van der Waals surface area contributed by atoms with Gasteiger partial charge in [0.05, 0.1) is 17.7 Å². The van der Waals surface area contributed by atoms with Gasteiger partial charge < -0.3 is 14.4 Å². The molecule has 1 heterocycles. The van der Waals surface area contributed by atoms with Gasteiger partial charge in [-0.05, 0) is 48.0 Å². The highest BCUT2D eigenvalue weighted by Crippen LogP contribution is 2.37. The second-order valence-corrected chi connectivity index (χ2v) is 8.01. The molecule has 0 radical (unpaired) electrons. The standard InChI is InChI=1S/C22H20N2O3S2/c1-5-12-27-18-11-6-15(13-19(18)26-4)14-20-21(25)24(22(28)29-20)17-9-7-16(8-10-17)23(2)3/h1,6-11,13-14H,12H2,2-4H3/b20-14-. The van der Waals surface area contributed by atoms with Crippen LogP contribution in [0.2, 0.25) is 0 Å². The molecule has 1 aliphatic heterocycles. The summed E-state index contributed by atoms with van der Waals surface area (Å²) in [6, 6.07) is 13.1. The topological polar surface area (TPSA) is 42.0 Å². The van der Waals surface area contributed by atoms with Gasteiger partial charge in [0, 0.05) is 19.8 Å². The van der Waals surface area contributed by atoms with Gasteiger partial charge in [0.2, 0.25) is 0 Å². The van der Waals surface area contributed by atoms with Gasteiger partial charge in [-0.15, -0.1) is 6.42 Å². The van der Waals surface area contributed by atoms with Crippen LogP contribution in [0.5, 0.6) is 11.5 Å². The molecule has 0 aliphatic carbocycles. The van der Waals surface area contributed by atoms with Crippen LogP contribution < -0.4 is 19.3 Å². The van der Waals surface area contributed by atoms with Crippen LogP contribution in [0.15, 0.2) is 47.4 Å². The first-order chi connectivity index (χ1) is 13.9. The van der Waals surface area contributed by atoms with E-state index in [2.05, 4.69) is 5.92 Å². The number of anilines is 2. The van der Waals surface area contributed by atoms with Crippen LogP contribution in [-0.2, 0) is 4.79 Å². The number of amides is 1. The van der Waals surface area contributed by atoms with E-state index in [-0.39, 0.29) is 12.5 Å². The van der Waals surface area contributed by atoms with E-state index in [0.29, 0.717) is 20.7 Å². The Morgan fingerprint density at radius 1 is 1.21 bits per heavy atom. The molecule has 148 valence electrons. The summed E-state index contributed by atoms with van der Waals surface area (Å²) in [5.74, 6) is 3.37. The van der Waals surface area contributed by atoms with Crippen LogP contribution in [0, 0.1) is 12.3 Å². The van der Waals surface area contributed by atoms with Gasteiger partial charge in [-0.25, -0.2) is 0 Å². The average molecular weight is 425 g/mol. The minimum atomic E-state index is -0.149. The van der Waals surface area contributed by atoms with Crippen LogP contribution in [0.3, 0.4) is 0 Å². The van der Waals surface area contributed by atoms with E-state index in [4.69, 9.17) is 28.1 Å². The summed E-state index contributed by atoms with van der Waals surface area (Å²) in [5.41, 5.74) is 2.60. The first kappa shape index (κ1) is 20.8. The maximum atomic E-state index is 13.0. The number of methoxy groups -OCH3 is 1. The van der Waals surface area contributed by atoms with Crippen molar-refractivity contribution in [3.63, 3.8) is 0 Å². The molecule has 1 saturated heterocycles. The van der Waals surface area contributed by atoms with Crippen molar-refractivity contribution in [2.24, 2.45) is 0 Å². The monoisotopic (exact) mass is 424 g/mol. The maximum Gasteiger partial charge on any atom is 0.270 e. The molecule has 0 N–H and O–H groups in total. The quantitative estimate of drug-likeness (QED) is 0.394. The number of thioether (sulfide) groups is 1. The molecule has 0 atom stereocenters. The molecule has 1 aliphatic rings. The highest BCUT2D eigenvalue weighted by Gasteiger charge is 2.33. The molecule has 1 fully saturated rings. The van der Waals surface area contributed by atoms with Gasteiger partial charge in [-0.2, -0.15) is 0 Å².